The summed E-state index contributed by atoms with van der Waals surface area (Å²) >= 11 is -2.33. The molecule has 2 heterocycles. The SMILES string of the molecule is CCCCN(Cc1nc2oc(-c3ccc(C)cc3)c(C(=O)NC)c2cc1C1CC1)S(=O)[O-]. The van der Waals surface area contributed by atoms with Crippen LogP contribution in [0.3, 0.4) is 0 Å². The first-order chi connectivity index (χ1) is 15.4. The van der Waals surface area contributed by atoms with Crippen LogP contribution in [0.2, 0.25) is 0 Å². The molecular formula is C24H28N3O4S-. The van der Waals surface area contributed by atoms with E-state index < -0.39 is 11.3 Å². The lowest BCUT2D eigenvalue weighted by molar-refractivity contribution is 0.0964. The van der Waals surface area contributed by atoms with E-state index in [2.05, 4.69) is 5.32 Å². The molecule has 4 rings (SSSR count). The summed E-state index contributed by atoms with van der Waals surface area (Å²) in [5, 5.41) is 3.37. The number of aryl methyl sites for hydroxylation is 1. The smallest absolute Gasteiger partial charge is 0.255 e. The van der Waals surface area contributed by atoms with Crippen LogP contribution in [0.1, 0.15) is 65.7 Å². The molecule has 1 saturated carbocycles. The molecule has 1 unspecified atom stereocenters. The first-order valence-corrected chi connectivity index (χ1v) is 12.1. The van der Waals surface area contributed by atoms with Crippen LogP contribution < -0.4 is 5.32 Å². The zero-order chi connectivity index (χ0) is 22.8. The second kappa shape index (κ2) is 9.52. The van der Waals surface area contributed by atoms with Gasteiger partial charge in [-0.3, -0.25) is 9.00 Å². The average molecular weight is 455 g/mol. The molecule has 32 heavy (non-hydrogen) atoms. The molecule has 1 aromatic carbocycles. The summed E-state index contributed by atoms with van der Waals surface area (Å²) in [5.41, 5.74) is 4.43. The minimum absolute atomic E-state index is 0.202. The fourth-order valence-electron chi connectivity index (χ4n) is 3.92. The summed E-state index contributed by atoms with van der Waals surface area (Å²) in [6, 6.07) is 9.77. The zero-order valence-electron chi connectivity index (χ0n) is 18.6. The van der Waals surface area contributed by atoms with Crippen LogP contribution in [0, 0.1) is 6.92 Å². The van der Waals surface area contributed by atoms with E-state index in [1.807, 2.05) is 44.2 Å². The number of unbranched alkanes of at least 4 members (excludes halogenated alkanes) is 1. The van der Waals surface area contributed by atoms with Crippen molar-refractivity contribution in [2.75, 3.05) is 13.6 Å². The summed E-state index contributed by atoms with van der Waals surface area (Å²) in [4.78, 5) is 17.6. The minimum atomic E-state index is -2.33. The van der Waals surface area contributed by atoms with E-state index >= 15 is 0 Å². The van der Waals surface area contributed by atoms with Gasteiger partial charge in [0.15, 0.2) is 0 Å². The van der Waals surface area contributed by atoms with Crippen molar-refractivity contribution in [1.82, 2.24) is 14.6 Å². The molecule has 0 spiro atoms. The van der Waals surface area contributed by atoms with Crippen LogP contribution in [0.4, 0.5) is 0 Å². The van der Waals surface area contributed by atoms with Gasteiger partial charge in [0.25, 0.3) is 5.91 Å². The molecule has 170 valence electrons. The molecule has 0 aliphatic heterocycles. The van der Waals surface area contributed by atoms with Gasteiger partial charge in [-0.25, -0.2) is 9.29 Å². The molecular weight excluding hydrogens is 426 g/mol. The number of pyridine rings is 1. The maximum Gasteiger partial charge on any atom is 0.255 e. The van der Waals surface area contributed by atoms with Crippen molar-refractivity contribution in [3.05, 3.63) is 52.7 Å². The Hall–Kier alpha value is -2.55. The quantitative estimate of drug-likeness (QED) is 0.482. The first-order valence-electron chi connectivity index (χ1n) is 11.0. The van der Waals surface area contributed by atoms with Crippen molar-refractivity contribution in [3.8, 4) is 11.3 Å². The lowest BCUT2D eigenvalue weighted by Crippen LogP contribution is -2.27. The summed E-state index contributed by atoms with van der Waals surface area (Å²) < 4.78 is 31.1. The highest BCUT2D eigenvalue weighted by Crippen LogP contribution is 2.44. The summed E-state index contributed by atoms with van der Waals surface area (Å²) in [6.45, 7) is 4.68. The number of amides is 1. The molecule has 1 aliphatic carbocycles. The van der Waals surface area contributed by atoms with E-state index in [0.717, 1.165) is 42.4 Å². The van der Waals surface area contributed by atoms with Crippen molar-refractivity contribution in [3.63, 3.8) is 0 Å². The number of nitrogens with one attached hydrogen (secondary N) is 1. The normalized spacial score (nSPS) is 14.8. The van der Waals surface area contributed by atoms with Crippen LogP contribution in [0.5, 0.6) is 0 Å². The molecule has 1 fully saturated rings. The number of aromatic nitrogens is 1. The van der Waals surface area contributed by atoms with Gasteiger partial charge in [-0.05, 0) is 43.7 Å². The van der Waals surface area contributed by atoms with Gasteiger partial charge < -0.3 is 14.3 Å². The van der Waals surface area contributed by atoms with Gasteiger partial charge in [0.1, 0.15) is 5.76 Å². The van der Waals surface area contributed by atoms with Gasteiger partial charge in [0, 0.05) is 30.4 Å². The Labute approximate surface area is 190 Å². The predicted molar refractivity (Wildman–Crippen MR) is 124 cm³/mol. The highest BCUT2D eigenvalue weighted by atomic mass is 32.2. The molecule has 1 aliphatic rings. The average Bonchev–Trinajstić information content (AvgIpc) is 3.56. The number of hydrogen-bond acceptors (Lipinski definition) is 5. The zero-order valence-corrected chi connectivity index (χ0v) is 19.5. The predicted octanol–water partition coefficient (Wildman–Crippen LogP) is 4.44. The van der Waals surface area contributed by atoms with Gasteiger partial charge in [-0.2, -0.15) is 0 Å². The molecule has 2 aromatic heterocycles. The number of rotatable bonds is 9. The second-order valence-corrected chi connectivity index (χ2v) is 9.29. The highest BCUT2D eigenvalue weighted by molar-refractivity contribution is 7.76. The number of fused-ring (bicyclic) bond motifs is 1. The Morgan fingerprint density at radius 1 is 1.31 bits per heavy atom. The van der Waals surface area contributed by atoms with Crippen molar-refractivity contribution < 1.29 is 18.0 Å². The van der Waals surface area contributed by atoms with Gasteiger partial charge >= 0.3 is 0 Å². The number of hydrogen-bond donors (Lipinski definition) is 1. The number of nitrogens with zero attached hydrogens (tertiary/aromatic N) is 2. The van der Waals surface area contributed by atoms with Crippen molar-refractivity contribution >= 4 is 28.3 Å². The van der Waals surface area contributed by atoms with Gasteiger partial charge in [-0.15, -0.1) is 0 Å². The van der Waals surface area contributed by atoms with E-state index in [9.17, 15) is 13.6 Å². The molecule has 0 bridgehead atoms. The van der Waals surface area contributed by atoms with Crippen LogP contribution in [-0.4, -0.2) is 37.6 Å². The van der Waals surface area contributed by atoms with Crippen molar-refractivity contribution in [2.45, 2.75) is 52.0 Å². The fourth-order valence-corrected chi connectivity index (χ4v) is 4.42. The molecule has 8 heteroatoms. The third kappa shape index (κ3) is 4.62. The summed E-state index contributed by atoms with van der Waals surface area (Å²) in [6.07, 6.45) is 3.76. The Balaban J connectivity index is 1.85. The van der Waals surface area contributed by atoms with E-state index in [1.165, 1.54) is 4.31 Å². The highest BCUT2D eigenvalue weighted by Gasteiger charge is 2.31. The van der Waals surface area contributed by atoms with Gasteiger partial charge in [0.2, 0.25) is 5.71 Å². The van der Waals surface area contributed by atoms with Crippen LogP contribution >= 0.6 is 0 Å². The number of carbonyl (C=O) groups is 1. The number of benzene rings is 1. The van der Waals surface area contributed by atoms with Crippen LogP contribution in [0.25, 0.3) is 22.4 Å². The second-order valence-electron chi connectivity index (χ2n) is 8.34. The van der Waals surface area contributed by atoms with Crippen molar-refractivity contribution in [2.24, 2.45) is 0 Å². The Morgan fingerprint density at radius 2 is 2.03 bits per heavy atom. The topological polar surface area (TPSA) is 98.5 Å². The Morgan fingerprint density at radius 3 is 2.62 bits per heavy atom. The maximum absolute atomic E-state index is 12.8. The maximum atomic E-state index is 12.8. The van der Waals surface area contributed by atoms with Crippen LogP contribution in [0.15, 0.2) is 34.7 Å². The van der Waals surface area contributed by atoms with Gasteiger partial charge in [-0.1, -0.05) is 43.2 Å². The lowest BCUT2D eigenvalue weighted by atomic mass is 10.0. The molecule has 1 N–H and O–H groups in total. The van der Waals surface area contributed by atoms with Crippen molar-refractivity contribution in [1.29, 1.82) is 0 Å². The Bertz CT molecular complexity index is 1150. The van der Waals surface area contributed by atoms with Crippen LogP contribution in [-0.2, 0) is 17.8 Å². The fraction of sp³-hybridized carbons (Fsp3) is 0.417. The first kappa shape index (κ1) is 22.6. The molecule has 3 aromatic rings. The number of furan rings is 1. The molecule has 0 saturated heterocycles. The Kier molecular flexibility index (Phi) is 6.74. The molecule has 7 nitrogen and oxygen atoms in total. The van der Waals surface area contributed by atoms with Gasteiger partial charge in [0.05, 0.1) is 23.2 Å². The monoisotopic (exact) mass is 454 g/mol. The third-order valence-electron chi connectivity index (χ3n) is 5.88. The standard InChI is InChI=1S/C24H29N3O4S/c1-4-5-12-27(32(29)30)14-20-18(16-10-11-16)13-19-21(23(28)25-3)22(31-24(19)26-20)17-8-6-15(2)7-9-17/h6-9,13,16H,4-5,10-12,14H2,1-3H3,(H,25,28)(H,29,30)/p-1. The summed E-state index contributed by atoms with van der Waals surface area (Å²) in [5.74, 6) is 0.576. The molecule has 1 atom stereocenters. The van der Waals surface area contributed by atoms with E-state index in [1.54, 1.807) is 7.05 Å². The lowest BCUT2D eigenvalue weighted by Gasteiger charge is -2.24. The van der Waals surface area contributed by atoms with E-state index in [-0.39, 0.29) is 12.5 Å². The van der Waals surface area contributed by atoms with E-state index in [0.29, 0.717) is 40.6 Å². The summed E-state index contributed by atoms with van der Waals surface area (Å²) in [7, 11) is 1.60. The molecule has 1 amide bonds. The number of carbonyl (C=O) groups excluding carboxylic acids is 1. The minimum Gasteiger partial charge on any atom is -0.760 e. The largest absolute Gasteiger partial charge is 0.760 e. The molecule has 0 radical (unpaired) electrons. The third-order valence-corrected chi connectivity index (χ3v) is 6.61. The van der Waals surface area contributed by atoms with E-state index in [4.69, 9.17) is 9.40 Å².